The average molecular weight is 388 g/mol. The molecule has 2 amide bonds. The molecular formula is C18H24N6O4. The van der Waals surface area contributed by atoms with E-state index in [9.17, 15) is 14.7 Å². The van der Waals surface area contributed by atoms with E-state index in [1.165, 1.54) is 23.5 Å². The van der Waals surface area contributed by atoms with Crippen LogP contribution in [0.2, 0.25) is 0 Å². The van der Waals surface area contributed by atoms with Crippen molar-refractivity contribution in [3.05, 3.63) is 41.7 Å². The van der Waals surface area contributed by atoms with E-state index < -0.39 is 11.5 Å². The van der Waals surface area contributed by atoms with Crippen LogP contribution in [-0.4, -0.2) is 80.4 Å². The van der Waals surface area contributed by atoms with E-state index in [-0.39, 0.29) is 49.5 Å². The average Bonchev–Trinajstić information content (AvgIpc) is 3.11. The normalized spacial score (nSPS) is 20.1. The number of ether oxygens (including phenoxy) is 1. The molecule has 2 aromatic rings. The predicted molar refractivity (Wildman–Crippen MR) is 98.7 cm³/mol. The molecule has 3 rings (SSSR count). The Morgan fingerprint density at radius 3 is 2.89 bits per heavy atom. The van der Waals surface area contributed by atoms with Crippen molar-refractivity contribution in [1.29, 1.82) is 0 Å². The Kier molecular flexibility index (Phi) is 6.00. The second kappa shape index (κ2) is 8.44. The van der Waals surface area contributed by atoms with Gasteiger partial charge in [-0.1, -0.05) is 13.8 Å². The number of aromatic nitrogens is 4. The molecule has 0 aliphatic carbocycles. The predicted octanol–water partition coefficient (Wildman–Crippen LogP) is -0.0434. The van der Waals surface area contributed by atoms with E-state index >= 15 is 0 Å². The Morgan fingerprint density at radius 1 is 1.39 bits per heavy atom. The second-order valence-corrected chi connectivity index (χ2v) is 7.14. The zero-order valence-corrected chi connectivity index (χ0v) is 15.9. The monoisotopic (exact) mass is 388 g/mol. The number of aliphatic hydroxyl groups is 1. The van der Waals surface area contributed by atoms with Gasteiger partial charge in [-0.15, -0.1) is 0 Å². The third kappa shape index (κ3) is 4.70. The van der Waals surface area contributed by atoms with Crippen LogP contribution >= 0.6 is 0 Å². The SMILES string of the molecule is CC(C)c1cc(C(=O)N2CCOCC(O)(CNC(=O)c3cnccn3)C2)n[nH]1. The van der Waals surface area contributed by atoms with E-state index in [2.05, 4.69) is 25.5 Å². The number of H-pyrrole nitrogens is 1. The minimum Gasteiger partial charge on any atom is -0.384 e. The van der Waals surface area contributed by atoms with Gasteiger partial charge in [0.15, 0.2) is 0 Å². The van der Waals surface area contributed by atoms with Crippen LogP contribution in [0.25, 0.3) is 0 Å². The molecule has 10 nitrogen and oxygen atoms in total. The van der Waals surface area contributed by atoms with Gasteiger partial charge in [0, 0.05) is 24.6 Å². The lowest BCUT2D eigenvalue weighted by Gasteiger charge is -2.30. The first-order chi connectivity index (χ1) is 13.4. The number of aromatic amines is 1. The van der Waals surface area contributed by atoms with Crippen molar-refractivity contribution < 1.29 is 19.4 Å². The van der Waals surface area contributed by atoms with Crippen LogP contribution in [0.3, 0.4) is 0 Å². The van der Waals surface area contributed by atoms with Crippen LogP contribution in [0.1, 0.15) is 46.4 Å². The highest BCUT2D eigenvalue weighted by atomic mass is 16.5. The summed E-state index contributed by atoms with van der Waals surface area (Å²) in [4.78, 5) is 34.2. The quantitative estimate of drug-likeness (QED) is 0.654. The Bertz CT molecular complexity index is 824. The zero-order chi connectivity index (χ0) is 20.1. The van der Waals surface area contributed by atoms with Crippen LogP contribution < -0.4 is 5.32 Å². The fourth-order valence-electron chi connectivity index (χ4n) is 2.85. The van der Waals surface area contributed by atoms with Crippen molar-refractivity contribution >= 4 is 11.8 Å². The van der Waals surface area contributed by atoms with E-state index in [4.69, 9.17) is 4.74 Å². The van der Waals surface area contributed by atoms with E-state index in [0.717, 1.165) is 5.69 Å². The van der Waals surface area contributed by atoms with Gasteiger partial charge in [0.25, 0.3) is 11.8 Å². The number of amides is 2. The molecule has 28 heavy (non-hydrogen) atoms. The molecule has 150 valence electrons. The van der Waals surface area contributed by atoms with Gasteiger partial charge in [-0.25, -0.2) is 4.98 Å². The number of carbonyl (C=O) groups excluding carboxylic acids is 2. The van der Waals surface area contributed by atoms with Crippen molar-refractivity contribution in [1.82, 2.24) is 30.4 Å². The topological polar surface area (TPSA) is 133 Å². The fraction of sp³-hybridized carbons (Fsp3) is 0.500. The first-order valence-electron chi connectivity index (χ1n) is 9.07. The molecular weight excluding hydrogens is 364 g/mol. The van der Waals surface area contributed by atoms with Crippen LogP contribution in [0.15, 0.2) is 24.7 Å². The number of carbonyl (C=O) groups is 2. The second-order valence-electron chi connectivity index (χ2n) is 7.14. The summed E-state index contributed by atoms with van der Waals surface area (Å²) in [5, 5.41) is 20.5. The van der Waals surface area contributed by atoms with Crippen LogP contribution in [-0.2, 0) is 4.74 Å². The van der Waals surface area contributed by atoms with Gasteiger partial charge in [0.2, 0.25) is 0 Å². The maximum absolute atomic E-state index is 12.8. The van der Waals surface area contributed by atoms with Crippen molar-refractivity contribution in [2.75, 3.05) is 32.8 Å². The number of nitrogens with one attached hydrogen (secondary N) is 2. The third-order valence-electron chi connectivity index (χ3n) is 4.46. The van der Waals surface area contributed by atoms with Crippen LogP contribution in [0.4, 0.5) is 0 Å². The van der Waals surface area contributed by atoms with Gasteiger partial charge in [-0.3, -0.25) is 19.7 Å². The molecule has 1 saturated heterocycles. The first kappa shape index (κ1) is 19.9. The molecule has 0 saturated carbocycles. The number of nitrogens with zero attached hydrogens (tertiary/aromatic N) is 4. The van der Waals surface area contributed by atoms with E-state index in [0.29, 0.717) is 6.54 Å². The molecule has 0 radical (unpaired) electrons. The number of hydrogen-bond donors (Lipinski definition) is 3. The summed E-state index contributed by atoms with van der Waals surface area (Å²) in [5.74, 6) is -0.542. The largest absolute Gasteiger partial charge is 0.384 e. The number of rotatable bonds is 5. The molecule has 1 fully saturated rings. The Labute approximate surface area is 162 Å². The summed E-state index contributed by atoms with van der Waals surface area (Å²) in [5.41, 5.74) is -0.134. The van der Waals surface area contributed by atoms with Gasteiger partial charge in [-0.05, 0) is 12.0 Å². The summed E-state index contributed by atoms with van der Waals surface area (Å²) in [6.07, 6.45) is 4.21. The molecule has 3 N–H and O–H groups in total. The lowest BCUT2D eigenvalue weighted by atomic mass is 10.0. The molecule has 1 aliphatic heterocycles. The van der Waals surface area contributed by atoms with Crippen molar-refractivity contribution in [3.8, 4) is 0 Å². The maximum atomic E-state index is 12.8. The Balaban J connectivity index is 1.66. The minimum atomic E-state index is -1.43. The third-order valence-corrected chi connectivity index (χ3v) is 4.46. The number of hydrogen-bond acceptors (Lipinski definition) is 7. The molecule has 1 atom stereocenters. The van der Waals surface area contributed by atoms with Crippen molar-refractivity contribution in [2.24, 2.45) is 0 Å². The van der Waals surface area contributed by atoms with E-state index in [1.807, 2.05) is 13.8 Å². The van der Waals surface area contributed by atoms with Crippen LogP contribution in [0, 0.1) is 0 Å². The highest BCUT2D eigenvalue weighted by Crippen LogP contribution is 2.17. The molecule has 0 aromatic carbocycles. The molecule has 1 unspecified atom stereocenters. The summed E-state index contributed by atoms with van der Waals surface area (Å²) in [6.45, 7) is 4.52. The van der Waals surface area contributed by atoms with E-state index in [1.54, 1.807) is 6.07 Å². The van der Waals surface area contributed by atoms with Gasteiger partial charge in [-0.2, -0.15) is 5.10 Å². The zero-order valence-electron chi connectivity index (χ0n) is 15.9. The summed E-state index contributed by atoms with van der Waals surface area (Å²) < 4.78 is 5.46. The van der Waals surface area contributed by atoms with Gasteiger partial charge in [0.05, 0.1) is 32.5 Å². The minimum absolute atomic E-state index is 0.00463. The lowest BCUT2D eigenvalue weighted by Crippen LogP contribution is -2.53. The first-order valence-corrected chi connectivity index (χ1v) is 9.07. The highest BCUT2D eigenvalue weighted by Gasteiger charge is 2.36. The lowest BCUT2D eigenvalue weighted by molar-refractivity contribution is -0.0324. The molecule has 0 spiro atoms. The summed E-state index contributed by atoms with van der Waals surface area (Å²) in [6, 6.07) is 1.72. The molecule has 2 aromatic heterocycles. The maximum Gasteiger partial charge on any atom is 0.274 e. The van der Waals surface area contributed by atoms with Crippen LogP contribution in [0.5, 0.6) is 0 Å². The highest BCUT2D eigenvalue weighted by molar-refractivity contribution is 5.93. The molecule has 10 heteroatoms. The molecule has 3 heterocycles. The van der Waals surface area contributed by atoms with Gasteiger partial charge in [0.1, 0.15) is 17.0 Å². The van der Waals surface area contributed by atoms with Crippen molar-refractivity contribution in [2.45, 2.75) is 25.4 Å². The fourth-order valence-corrected chi connectivity index (χ4v) is 2.85. The van der Waals surface area contributed by atoms with Gasteiger partial charge < -0.3 is 20.1 Å². The standard InChI is InChI=1S/C18H24N6O4/c1-12(2)13-7-14(23-22-13)17(26)24-5-6-28-11-18(27,10-24)9-21-16(25)15-8-19-3-4-20-15/h3-4,7-8,12,27H,5-6,9-11H2,1-2H3,(H,21,25)(H,22,23). The summed E-state index contributed by atoms with van der Waals surface area (Å²) in [7, 11) is 0. The summed E-state index contributed by atoms with van der Waals surface area (Å²) >= 11 is 0. The van der Waals surface area contributed by atoms with Gasteiger partial charge >= 0.3 is 0 Å². The number of β-amino-alcohol motifs (C(OH)–C–C–N with tert-alkyl or cyclic N) is 1. The van der Waals surface area contributed by atoms with Crippen molar-refractivity contribution in [3.63, 3.8) is 0 Å². The molecule has 1 aliphatic rings. The Hall–Kier alpha value is -2.85. The smallest absolute Gasteiger partial charge is 0.274 e. The molecule has 0 bridgehead atoms. The Morgan fingerprint density at radius 2 is 2.21 bits per heavy atom.